The Morgan fingerprint density at radius 3 is 2.78 bits per heavy atom. The van der Waals surface area contributed by atoms with Gasteiger partial charge in [0.1, 0.15) is 0 Å². The summed E-state index contributed by atoms with van der Waals surface area (Å²) < 4.78 is 5.95. The van der Waals surface area contributed by atoms with Crippen LogP contribution in [-0.4, -0.2) is 29.7 Å². The number of nitrogens with zero attached hydrogens (tertiary/aromatic N) is 1. The molecule has 1 aliphatic heterocycles. The van der Waals surface area contributed by atoms with Crippen molar-refractivity contribution in [2.24, 2.45) is 0 Å². The summed E-state index contributed by atoms with van der Waals surface area (Å²) in [4.78, 5) is 3.59. The zero-order chi connectivity index (χ0) is 19.1. The quantitative estimate of drug-likeness (QED) is 0.401. The predicted molar refractivity (Wildman–Crippen MR) is 115 cm³/mol. The maximum absolute atomic E-state index is 10.4. The van der Waals surface area contributed by atoms with Crippen LogP contribution in [0.5, 0.6) is 0 Å². The van der Waals surface area contributed by atoms with Crippen LogP contribution in [0, 0.1) is 0 Å². The summed E-state index contributed by atoms with van der Waals surface area (Å²) in [7, 11) is 0. The molecule has 148 valence electrons. The predicted octanol–water partition coefficient (Wildman–Crippen LogP) is 5.76. The number of ether oxygens (including phenoxy) is 1. The van der Waals surface area contributed by atoms with Crippen molar-refractivity contribution in [3.8, 4) is 0 Å². The molecule has 0 aliphatic carbocycles. The summed E-state index contributed by atoms with van der Waals surface area (Å²) in [6.07, 6.45) is 4.86. The lowest BCUT2D eigenvalue weighted by Gasteiger charge is -2.28. The first-order valence-corrected chi connectivity index (χ1v) is 11.3. The van der Waals surface area contributed by atoms with E-state index in [0.29, 0.717) is 13.2 Å². The molecule has 1 aliphatic rings. The van der Waals surface area contributed by atoms with Gasteiger partial charge < -0.3 is 14.7 Å². The molecular weight excluding hydrogens is 378 g/mol. The number of aliphatic hydroxyl groups is 1. The van der Waals surface area contributed by atoms with Crippen LogP contribution in [0.2, 0.25) is 0 Å². The standard InChI is InChI=1S/C22H30ClNO2S/c1-2-3-4-7-22(25)17-8-10-18(11-9-17)24-13-12-20(23)21(24)16-26-15-19-6-5-14-27-19/h5-6,8-11,14,20-22,25H,2-4,7,12-13,15-16H2,1H3/t20-,21+,22?/m1/s1. The van der Waals surface area contributed by atoms with E-state index in [1.165, 1.54) is 17.7 Å². The van der Waals surface area contributed by atoms with Crippen LogP contribution in [0.15, 0.2) is 41.8 Å². The van der Waals surface area contributed by atoms with Crippen LogP contribution in [0.3, 0.4) is 0 Å². The highest BCUT2D eigenvalue weighted by atomic mass is 35.5. The maximum Gasteiger partial charge on any atom is 0.0810 e. The third-order valence-corrected chi connectivity index (χ3v) is 6.63. The lowest BCUT2D eigenvalue weighted by molar-refractivity contribution is 0.111. The van der Waals surface area contributed by atoms with Gasteiger partial charge in [-0.05, 0) is 42.0 Å². The Bertz CT molecular complexity index is 661. The summed E-state index contributed by atoms with van der Waals surface area (Å²) in [5.74, 6) is 0. The summed E-state index contributed by atoms with van der Waals surface area (Å²) >= 11 is 8.30. The number of hydrogen-bond acceptors (Lipinski definition) is 4. The minimum atomic E-state index is -0.366. The molecule has 0 radical (unpaired) electrons. The molecule has 0 amide bonds. The summed E-state index contributed by atoms with van der Waals surface area (Å²) in [6, 6.07) is 12.7. The molecule has 1 aromatic heterocycles. The Morgan fingerprint density at radius 1 is 1.26 bits per heavy atom. The lowest BCUT2D eigenvalue weighted by atomic mass is 10.0. The number of rotatable bonds is 10. The van der Waals surface area contributed by atoms with E-state index in [1.54, 1.807) is 11.3 Å². The fourth-order valence-electron chi connectivity index (χ4n) is 3.65. The zero-order valence-electron chi connectivity index (χ0n) is 16.0. The van der Waals surface area contributed by atoms with Crippen molar-refractivity contribution in [1.29, 1.82) is 0 Å². The molecule has 2 heterocycles. The average molecular weight is 408 g/mol. The molecule has 1 fully saturated rings. The van der Waals surface area contributed by atoms with E-state index in [9.17, 15) is 5.11 Å². The van der Waals surface area contributed by atoms with Gasteiger partial charge in [0, 0.05) is 17.1 Å². The number of thiophene rings is 1. The normalized spacial score (nSPS) is 20.9. The van der Waals surface area contributed by atoms with Gasteiger partial charge in [0.15, 0.2) is 0 Å². The summed E-state index contributed by atoms with van der Waals surface area (Å²) in [5, 5.41) is 12.5. The van der Waals surface area contributed by atoms with E-state index in [-0.39, 0.29) is 17.5 Å². The van der Waals surface area contributed by atoms with Crippen molar-refractivity contribution < 1.29 is 9.84 Å². The second-order valence-corrected chi connectivity index (χ2v) is 8.86. The first-order valence-electron chi connectivity index (χ1n) is 9.98. The highest BCUT2D eigenvalue weighted by Gasteiger charge is 2.33. The third-order valence-electron chi connectivity index (χ3n) is 5.27. The molecule has 0 bridgehead atoms. The number of halogens is 1. The molecule has 2 aromatic rings. The Labute approximate surface area is 171 Å². The fourth-order valence-corrected chi connectivity index (χ4v) is 4.59. The Kier molecular flexibility index (Phi) is 8.01. The van der Waals surface area contributed by atoms with E-state index in [1.807, 2.05) is 6.07 Å². The molecule has 1 aromatic carbocycles. The molecule has 0 saturated carbocycles. The Balaban J connectivity index is 1.56. The van der Waals surface area contributed by atoms with Crippen LogP contribution in [0.4, 0.5) is 5.69 Å². The van der Waals surface area contributed by atoms with Crippen molar-refractivity contribution in [3.05, 3.63) is 52.2 Å². The second-order valence-electron chi connectivity index (χ2n) is 7.26. The Hall–Kier alpha value is -1.07. The fraction of sp³-hybridized carbons (Fsp3) is 0.545. The van der Waals surface area contributed by atoms with Crippen LogP contribution in [0.1, 0.15) is 55.6 Å². The molecule has 27 heavy (non-hydrogen) atoms. The van der Waals surface area contributed by atoms with Crippen molar-refractivity contribution in [1.82, 2.24) is 0 Å². The maximum atomic E-state index is 10.4. The van der Waals surface area contributed by atoms with Crippen molar-refractivity contribution >= 4 is 28.6 Å². The second kappa shape index (κ2) is 10.5. The first kappa shape index (κ1) is 20.7. The average Bonchev–Trinajstić information content (AvgIpc) is 3.32. The van der Waals surface area contributed by atoms with Gasteiger partial charge in [-0.3, -0.25) is 0 Å². The lowest BCUT2D eigenvalue weighted by Crippen LogP contribution is -2.37. The highest BCUT2D eigenvalue weighted by Crippen LogP contribution is 2.31. The number of unbranched alkanes of at least 4 members (excludes halogenated alkanes) is 2. The summed E-state index contributed by atoms with van der Waals surface area (Å²) in [6.45, 7) is 4.41. The number of benzene rings is 1. The van der Waals surface area contributed by atoms with Gasteiger partial charge in [0.25, 0.3) is 0 Å². The van der Waals surface area contributed by atoms with Gasteiger partial charge in [-0.2, -0.15) is 0 Å². The number of anilines is 1. The third kappa shape index (κ3) is 5.71. The molecule has 1 saturated heterocycles. The van der Waals surface area contributed by atoms with Crippen molar-refractivity contribution in [2.75, 3.05) is 18.1 Å². The molecule has 3 nitrogen and oxygen atoms in total. The topological polar surface area (TPSA) is 32.7 Å². The van der Waals surface area contributed by atoms with Crippen molar-refractivity contribution in [3.63, 3.8) is 0 Å². The first-order chi connectivity index (χ1) is 13.2. The molecule has 1 unspecified atom stereocenters. The molecule has 3 rings (SSSR count). The van der Waals surface area contributed by atoms with Gasteiger partial charge in [-0.15, -0.1) is 22.9 Å². The zero-order valence-corrected chi connectivity index (χ0v) is 17.6. The number of alkyl halides is 1. The SMILES string of the molecule is CCCCCC(O)c1ccc(N2CC[C@@H](Cl)[C@@H]2COCc2cccs2)cc1. The van der Waals surface area contributed by atoms with E-state index < -0.39 is 0 Å². The van der Waals surface area contributed by atoms with E-state index in [0.717, 1.165) is 37.1 Å². The highest BCUT2D eigenvalue weighted by molar-refractivity contribution is 7.09. The largest absolute Gasteiger partial charge is 0.388 e. The van der Waals surface area contributed by atoms with E-state index in [4.69, 9.17) is 16.3 Å². The minimum Gasteiger partial charge on any atom is -0.388 e. The van der Waals surface area contributed by atoms with Gasteiger partial charge >= 0.3 is 0 Å². The van der Waals surface area contributed by atoms with Crippen molar-refractivity contribution in [2.45, 2.75) is 63.2 Å². The van der Waals surface area contributed by atoms with E-state index >= 15 is 0 Å². The van der Waals surface area contributed by atoms with Crippen LogP contribution < -0.4 is 4.90 Å². The minimum absolute atomic E-state index is 0.104. The molecule has 1 N–H and O–H groups in total. The van der Waals surface area contributed by atoms with E-state index in [2.05, 4.69) is 47.5 Å². The number of hydrogen-bond donors (Lipinski definition) is 1. The number of aliphatic hydroxyl groups excluding tert-OH is 1. The van der Waals surface area contributed by atoms with Crippen LogP contribution >= 0.6 is 22.9 Å². The van der Waals surface area contributed by atoms with Gasteiger partial charge in [-0.1, -0.05) is 44.4 Å². The Morgan fingerprint density at radius 2 is 2.07 bits per heavy atom. The molecular formula is C22H30ClNO2S. The van der Waals surface area contributed by atoms with Gasteiger partial charge in [0.05, 0.1) is 30.7 Å². The van der Waals surface area contributed by atoms with Gasteiger partial charge in [-0.25, -0.2) is 0 Å². The molecule has 5 heteroatoms. The smallest absolute Gasteiger partial charge is 0.0810 e. The van der Waals surface area contributed by atoms with Gasteiger partial charge in [0.2, 0.25) is 0 Å². The van der Waals surface area contributed by atoms with Crippen LogP contribution in [0.25, 0.3) is 0 Å². The van der Waals surface area contributed by atoms with Crippen LogP contribution in [-0.2, 0) is 11.3 Å². The monoisotopic (exact) mass is 407 g/mol. The summed E-state index contributed by atoms with van der Waals surface area (Å²) in [5.41, 5.74) is 2.16. The molecule has 3 atom stereocenters. The molecule has 0 spiro atoms.